The van der Waals surface area contributed by atoms with Crippen molar-refractivity contribution in [3.05, 3.63) is 29.6 Å². The molecule has 0 saturated carbocycles. The standard InChI is InChI=1S/C15H25FN2S/c1-6-17-12(3)13-8-7-9-14(16)15(13)18(4)11(2)10-19-5/h7-9,11-12,17H,6,10H2,1-5H3. The molecule has 0 heterocycles. The van der Waals surface area contributed by atoms with E-state index in [1.165, 1.54) is 0 Å². The monoisotopic (exact) mass is 284 g/mol. The molecule has 0 spiro atoms. The molecule has 0 aliphatic carbocycles. The molecule has 0 bridgehead atoms. The van der Waals surface area contributed by atoms with Gasteiger partial charge in [0, 0.05) is 24.9 Å². The lowest BCUT2D eigenvalue weighted by molar-refractivity contribution is 0.574. The summed E-state index contributed by atoms with van der Waals surface area (Å²) >= 11 is 1.78. The van der Waals surface area contributed by atoms with Crippen LogP contribution in [0.5, 0.6) is 0 Å². The van der Waals surface area contributed by atoms with Gasteiger partial charge in [0.25, 0.3) is 0 Å². The van der Waals surface area contributed by atoms with Crippen LogP contribution in [0, 0.1) is 5.82 Å². The van der Waals surface area contributed by atoms with Crippen LogP contribution in [0.15, 0.2) is 18.2 Å². The number of hydrogen-bond donors (Lipinski definition) is 1. The molecule has 0 radical (unpaired) electrons. The Morgan fingerprint density at radius 1 is 1.37 bits per heavy atom. The quantitative estimate of drug-likeness (QED) is 0.822. The maximum absolute atomic E-state index is 14.2. The fraction of sp³-hybridized carbons (Fsp3) is 0.600. The van der Waals surface area contributed by atoms with Crippen LogP contribution < -0.4 is 10.2 Å². The molecule has 0 aromatic heterocycles. The number of thioether (sulfide) groups is 1. The van der Waals surface area contributed by atoms with Crippen LogP contribution in [-0.2, 0) is 0 Å². The Hall–Kier alpha value is -0.740. The van der Waals surface area contributed by atoms with Gasteiger partial charge in [-0.25, -0.2) is 4.39 Å². The normalized spacial score (nSPS) is 14.2. The SMILES string of the molecule is CCNC(C)c1cccc(F)c1N(C)C(C)CSC. The first-order chi connectivity index (χ1) is 9.02. The first kappa shape index (κ1) is 16.3. The minimum atomic E-state index is -0.141. The predicted octanol–water partition coefficient (Wildman–Crippen LogP) is 3.68. The highest BCUT2D eigenvalue weighted by Gasteiger charge is 2.20. The van der Waals surface area contributed by atoms with E-state index in [2.05, 4.69) is 37.2 Å². The second kappa shape index (κ2) is 7.75. The molecule has 2 unspecified atom stereocenters. The van der Waals surface area contributed by atoms with E-state index < -0.39 is 0 Å². The molecule has 1 aromatic carbocycles. The Balaban J connectivity index is 3.10. The van der Waals surface area contributed by atoms with Crippen LogP contribution in [0.1, 0.15) is 32.4 Å². The van der Waals surface area contributed by atoms with Crippen LogP contribution >= 0.6 is 11.8 Å². The number of halogens is 1. The van der Waals surface area contributed by atoms with Gasteiger partial charge in [0.05, 0.1) is 5.69 Å². The van der Waals surface area contributed by atoms with Crippen LogP contribution in [0.2, 0.25) is 0 Å². The smallest absolute Gasteiger partial charge is 0.146 e. The average Bonchev–Trinajstić information content (AvgIpc) is 2.38. The Labute approximate surface area is 120 Å². The Bertz CT molecular complexity index is 398. The molecule has 2 atom stereocenters. The largest absolute Gasteiger partial charge is 0.368 e. The molecule has 0 amide bonds. The molecule has 1 aromatic rings. The van der Waals surface area contributed by atoms with Gasteiger partial charge >= 0.3 is 0 Å². The third-order valence-corrected chi connectivity index (χ3v) is 4.23. The van der Waals surface area contributed by atoms with Gasteiger partial charge < -0.3 is 10.2 Å². The molecule has 19 heavy (non-hydrogen) atoms. The molecule has 0 aliphatic rings. The van der Waals surface area contributed by atoms with E-state index in [0.717, 1.165) is 23.5 Å². The van der Waals surface area contributed by atoms with E-state index in [1.54, 1.807) is 23.9 Å². The van der Waals surface area contributed by atoms with E-state index in [1.807, 2.05) is 13.1 Å². The summed E-state index contributed by atoms with van der Waals surface area (Å²) in [6, 6.07) is 5.79. The molecular weight excluding hydrogens is 259 g/mol. The number of anilines is 1. The maximum Gasteiger partial charge on any atom is 0.146 e. The Morgan fingerprint density at radius 2 is 2.05 bits per heavy atom. The highest BCUT2D eigenvalue weighted by Crippen LogP contribution is 2.30. The second-order valence-electron chi connectivity index (χ2n) is 4.87. The summed E-state index contributed by atoms with van der Waals surface area (Å²) in [5.74, 6) is 0.845. The number of nitrogens with zero attached hydrogens (tertiary/aromatic N) is 1. The first-order valence-corrected chi connectivity index (χ1v) is 8.15. The van der Waals surface area contributed by atoms with Gasteiger partial charge in [-0.1, -0.05) is 19.1 Å². The van der Waals surface area contributed by atoms with E-state index in [0.29, 0.717) is 6.04 Å². The number of para-hydroxylation sites is 1. The van der Waals surface area contributed by atoms with Crippen LogP contribution in [0.25, 0.3) is 0 Å². The summed E-state index contributed by atoms with van der Waals surface area (Å²) in [6.45, 7) is 7.15. The summed E-state index contributed by atoms with van der Waals surface area (Å²) in [5.41, 5.74) is 1.75. The van der Waals surface area contributed by atoms with Crippen molar-refractivity contribution in [1.29, 1.82) is 0 Å². The first-order valence-electron chi connectivity index (χ1n) is 6.76. The lowest BCUT2D eigenvalue weighted by atomic mass is 10.0. The van der Waals surface area contributed by atoms with Gasteiger partial charge in [-0.15, -0.1) is 0 Å². The van der Waals surface area contributed by atoms with Crippen LogP contribution in [0.4, 0.5) is 10.1 Å². The molecule has 4 heteroatoms. The van der Waals surface area contributed by atoms with Gasteiger partial charge in [-0.3, -0.25) is 0 Å². The minimum absolute atomic E-state index is 0.141. The van der Waals surface area contributed by atoms with Crippen molar-refractivity contribution in [2.24, 2.45) is 0 Å². The van der Waals surface area contributed by atoms with Crippen LogP contribution in [-0.4, -0.2) is 31.6 Å². The van der Waals surface area contributed by atoms with Gasteiger partial charge in [0.1, 0.15) is 5.82 Å². The fourth-order valence-electron chi connectivity index (χ4n) is 2.24. The highest BCUT2D eigenvalue weighted by molar-refractivity contribution is 7.98. The summed E-state index contributed by atoms with van der Waals surface area (Å²) < 4.78 is 14.2. The van der Waals surface area contributed by atoms with Gasteiger partial charge in [-0.05, 0) is 38.3 Å². The average molecular weight is 284 g/mol. The third kappa shape index (κ3) is 4.11. The van der Waals surface area contributed by atoms with Crippen molar-refractivity contribution in [2.45, 2.75) is 32.9 Å². The van der Waals surface area contributed by atoms with Crippen molar-refractivity contribution in [2.75, 3.05) is 30.5 Å². The fourth-order valence-corrected chi connectivity index (χ4v) is 2.95. The molecular formula is C15H25FN2S. The van der Waals surface area contributed by atoms with E-state index >= 15 is 0 Å². The summed E-state index contributed by atoms with van der Waals surface area (Å²) in [6.07, 6.45) is 2.08. The molecule has 1 rings (SSSR count). The topological polar surface area (TPSA) is 15.3 Å². The Morgan fingerprint density at radius 3 is 2.63 bits per heavy atom. The molecule has 0 aliphatic heterocycles. The minimum Gasteiger partial charge on any atom is -0.368 e. The zero-order valence-electron chi connectivity index (χ0n) is 12.5. The maximum atomic E-state index is 14.2. The van der Waals surface area contributed by atoms with Crippen molar-refractivity contribution in [3.63, 3.8) is 0 Å². The summed E-state index contributed by atoms with van der Waals surface area (Å²) in [5, 5.41) is 3.36. The number of hydrogen-bond acceptors (Lipinski definition) is 3. The zero-order valence-corrected chi connectivity index (χ0v) is 13.4. The summed E-state index contributed by atoms with van der Waals surface area (Å²) in [4.78, 5) is 2.05. The molecule has 0 fully saturated rings. The van der Waals surface area contributed by atoms with Crippen molar-refractivity contribution < 1.29 is 4.39 Å². The third-order valence-electron chi connectivity index (χ3n) is 3.42. The zero-order chi connectivity index (χ0) is 14.4. The lowest BCUT2D eigenvalue weighted by Gasteiger charge is -2.30. The molecule has 108 valence electrons. The second-order valence-corrected chi connectivity index (χ2v) is 5.78. The molecule has 0 saturated heterocycles. The van der Waals surface area contributed by atoms with Gasteiger partial charge in [0.2, 0.25) is 0 Å². The number of nitrogens with one attached hydrogen (secondary N) is 1. The van der Waals surface area contributed by atoms with Crippen molar-refractivity contribution >= 4 is 17.4 Å². The molecule has 2 nitrogen and oxygen atoms in total. The highest BCUT2D eigenvalue weighted by atomic mass is 32.2. The van der Waals surface area contributed by atoms with Gasteiger partial charge in [0.15, 0.2) is 0 Å². The number of rotatable bonds is 7. The van der Waals surface area contributed by atoms with E-state index in [9.17, 15) is 4.39 Å². The molecule has 1 N–H and O–H groups in total. The Kier molecular flexibility index (Phi) is 6.66. The van der Waals surface area contributed by atoms with Crippen molar-refractivity contribution in [1.82, 2.24) is 5.32 Å². The summed E-state index contributed by atoms with van der Waals surface area (Å²) in [7, 11) is 1.97. The van der Waals surface area contributed by atoms with E-state index in [4.69, 9.17) is 0 Å². The predicted molar refractivity (Wildman–Crippen MR) is 84.7 cm³/mol. The van der Waals surface area contributed by atoms with Crippen LogP contribution in [0.3, 0.4) is 0 Å². The van der Waals surface area contributed by atoms with Gasteiger partial charge in [-0.2, -0.15) is 11.8 Å². The lowest BCUT2D eigenvalue weighted by Crippen LogP contribution is -2.33. The van der Waals surface area contributed by atoms with E-state index in [-0.39, 0.29) is 11.9 Å². The van der Waals surface area contributed by atoms with Crippen molar-refractivity contribution in [3.8, 4) is 0 Å². The number of benzene rings is 1.